The van der Waals surface area contributed by atoms with Crippen molar-refractivity contribution in [1.82, 2.24) is 10.2 Å². The molecule has 3 aromatic carbocycles. The maximum absolute atomic E-state index is 13.8. The molecule has 0 radical (unpaired) electrons. The Hall–Kier alpha value is -3.60. The van der Waals surface area contributed by atoms with Crippen LogP contribution in [0.5, 0.6) is 5.75 Å². The Morgan fingerprint density at radius 3 is 2.32 bits per heavy atom. The summed E-state index contributed by atoms with van der Waals surface area (Å²) < 4.78 is 6.06. The smallest absolute Gasteiger partial charge is 0.261 e. The number of para-hydroxylation sites is 1. The monoisotopic (exact) mass is 500 g/mol. The Bertz CT molecular complexity index is 1140. The van der Waals surface area contributed by atoms with E-state index in [2.05, 4.69) is 32.2 Å². The van der Waals surface area contributed by atoms with Crippen molar-refractivity contribution in [1.29, 1.82) is 0 Å². The lowest BCUT2D eigenvalue weighted by Gasteiger charge is -2.31. The van der Waals surface area contributed by atoms with E-state index in [0.29, 0.717) is 25.3 Å². The van der Waals surface area contributed by atoms with Gasteiger partial charge in [0.2, 0.25) is 5.91 Å². The molecule has 1 atom stereocenters. The predicted molar refractivity (Wildman–Crippen MR) is 150 cm³/mol. The normalized spacial score (nSPS) is 11.7. The topological polar surface area (TPSA) is 58.6 Å². The number of unbranched alkanes of at least 4 members (excludes halogenated alkanes) is 1. The molecule has 0 aliphatic carbocycles. The predicted octanol–water partition coefficient (Wildman–Crippen LogP) is 6.05. The van der Waals surface area contributed by atoms with Crippen LogP contribution in [-0.2, 0) is 22.6 Å². The van der Waals surface area contributed by atoms with Gasteiger partial charge in [0.1, 0.15) is 11.8 Å². The zero-order valence-corrected chi connectivity index (χ0v) is 22.6. The van der Waals surface area contributed by atoms with Gasteiger partial charge in [0, 0.05) is 19.5 Å². The van der Waals surface area contributed by atoms with Crippen molar-refractivity contribution in [2.45, 2.75) is 65.5 Å². The number of hydrogen-bond donors (Lipinski definition) is 1. The Morgan fingerprint density at radius 1 is 0.919 bits per heavy atom. The second kappa shape index (κ2) is 14.2. The third kappa shape index (κ3) is 8.49. The Labute approximate surface area is 221 Å². The van der Waals surface area contributed by atoms with Crippen LogP contribution in [0.25, 0.3) is 0 Å². The fraction of sp³-hybridized carbons (Fsp3) is 0.375. The van der Waals surface area contributed by atoms with Gasteiger partial charge >= 0.3 is 0 Å². The molecule has 0 saturated carbocycles. The van der Waals surface area contributed by atoms with Gasteiger partial charge in [-0.25, -0.2) is 0 Å². The van der Waals surface area contributed by atoms with E-state index in [1.807, 2.05) is 79.7 Å². The average Bonchev–Trinajstić information content (AvgIpc) is 2.90. The number of ether oxygens (including phenoxy) is 1. The van der Waals surface area contributed by atoms with Crippen LogP contribution in [0, 0.1) is 6.92 Å². The first-order valence-electron chi connectivity index (χ1n) is 13.3. The first kappa shape index (κ1) is 28.0. The van der Waals surface area contributed by atoms with Crippen molar-refractivity contribution < 1.29 is 14.3 Å². The highest BCUT2D eigenvalue weighted by atomic mass is 16.5. The summed E-state index contributed by atoms with van der Waals surface area (Å²) in [5.74, 6) is 0.616. The molecule has 0 bridgehead atoms. The largest absolute Gasteiger partial charge is 0.483 e. The number of nitrogens with zero attached hydrogens (tertiary/aromatic N) is 1. The molecule has 3 aromatic rings. The second-order valence-corrected chi connectivity index (χ2v) is 9.84. The number of hydrogen-bond acceptors (Lipinski definition) is 3. The van der Waals surface area contributed by atoms with Crippen molar-refractivity contribution >= 4 is 11.8 Å². The van der Waals surface area contributed by atoms with Crippen LogP contribution >= 0.6 is 0 Å². The molecule has 5 heteroatoms. The number of carbonyl (C=O) groups is 2. The third-order valence-corrected chi connectivity index (χ3v) is 6.43. The van der Waals surface area contributed by atoms with Gasteiger partial charge in [0.05, 0.1) is 0 Å². The molecule has 3 rings (SSSR count). The number of aryl methyl sites for hydroxylation is 1. The Kier molecular flexibility index (Phi) is 10.8. The van der Waals surface area contributed by atoms with Crippen molar-refractivity contribution in [3.05, 3.63) is 101 Å². The minimum Gasteiger partial charge on any atom is -0.483 e. The summed E-state index contributed by atoms with van der Waals surface area (Å²) in [5.41, 5.74) is 4.15. The van der Waals surface area contributed by atoms with Gasteiger partial charge in [0.25, 0.3) is 5.91 Å². The fourth-order valence-corrected chi connectivity index (χ4v) is 4.38. The van der Waals surface area contributed by atoms with Crippen LogP contribution in [-0.4, -0.2) is 35.9 Å². The molecule has 0 aliphatic rings. The number of benzene rings is 3. The van der Waals surface area contributed by atoms with Gasteiger partial charge in [-0.1, -0.05) is 106 Å². The minimum atomic E-state index is -0.656. The van der Waals surface area contributed by atoms with Crippen molar-refractivity contribution in [2.75, 3.05) is 13.2 Å². The van der Waals surface area contributed by atoms with Crippen LogP contribution in [0.3, 0.4) is 0 Å². The highest BCUT2D eigenvalue weighted by molar-refractivity contribution is 5.88. The number of amides is 2. The lowest BCUT2D eigenvalue weighted by molar-refractivity contribution is -0.142. The molecular formula is C32H40N2O3. The summed E-state index contributed by atoms with van der Waals surface area (Å²) >= 11 is 0. The third-order valence-electron chi connectivity index (χ3n) is 6.43. The highest BCUT2D eigenvalue weighted by Crippen LogP contribution is 2.26. The number of rotatable bonds is 13. The van der Waals surface area contributed by atoms with Gasteiger partial charge in [-0.3, -0.25) is 9.59 Å². The van der Waals surface area contributed by atoms with Gasteiger partial charge < -0.3 is 15.0 Å². The standard InChI is InChI=1S/C32H40N2O3/c1-5-6-19-33-32(36)29(21-26-14-8-7-9-15-26)34(22-27-16-12-13-25(4)20-27)31(35)23-37-30-18-11-10-17-28(30)24(2)3/h7-18,20,24,29H,5-6,19,21-23H2,1-4H3,(H,33,36)/t29-/m0/s1. The molecule has 0 unspecified atom stereocenters. The molecule has 0 aromatic heterocycles. The van der Waals surface area contributed by atoms with E-state index in [-0.39, 0.29) is 24.3 Å². The molecule has 37 heavy (non-hydrogen) atoms. The summed E-state index contributed by atoms with van der Waals surface area (Å²) in [7, 11) is 0. The quantitative estimate of drug-likeness (QED) is 0.291. The van der Waals surface area contributed by atoms with Gasteiger partial charge in [-0.05, 0) is 42.0 Å². The van der Waals surface area contributed by atoms with Crippen LogP contribution in [0.4, 0.5) is 0 Å². The SMILES string of the molecule is CCCCNC(=O)[C@H](Cc1ccccc1)N(Cc1cccc(C)c1)C(=O)COc1ccccc1C(C)C. The van der Waals surface area contributed by atoms with Gasteiger partial charge in [-0.15, -0.1) is 0 Å². The lowest BCUT2D eigenvalue weighted by Crippen LogP contribution is -2.51. The van der Waals surface area contributed by atoms with Crippen molar-refractivity contribution in [3.63, 3.8) is 0 Å². The highest BCUT2D eigenvalue weighted by Gasteiger charge is 2.30. The molecule has 1 N–H and O–H groups in total. The van der Waals surface area contributed by atoms with Gasteiger partial charge in [-0.2, -0.15) is 0 Å². The van der Waals surface area contributed by atoms with E-state index in [1.54, 1.807) is 4.90 Å². The molecule has 0 spiro atoms. The zero-order chi connectivity index (χ0) is 26.6. The minimum absolute atomic E-state index is 0.136. The van der Waals surface area contributed by atoms with E-state index in [1.165, 1.54) is 0 Å². The first-order chi connectivity index (χ1) is 17.9. The molecule has 0 fully saturated rings. The average molecular weight is 501 g/mol. The van der Waals surface area contributed by atoms with Crippen LogP contribution < -0.4 is 10.1 Å². The summed E-state index contributed by atoms with van der Waals surface area (Å²) in [6.07, 6.45) is 2.31. The summed E-state index contributed by atoms with van der Waals surface area (Å²) in [6.45, 7) is 9.10. The lowest BCUT2D eigenvalue weighted by atomic mass is 10.0. The van der Waals surface area contributed by atoms with E-state index in [4.69, 9.17) is 4.74 Å². The van der Waals surface area contributed by atoms with Crippen molar-refractivity contribution in [3.8, 4) is 5.75 Å². The van der Waals surface area contributed by atoms with E-state index < -0.39 is 6.04 Å². The zero-order valence-electron chi connectivity index (χ0n) is 22.6. The van der Waals surface area contributed by atoms with E-state index >= 15 is 0 Å². The maximum atomic E-state index is 13.8. The number of nitrogens with one attached hydrogen (secondary N) is 1. The molecule has 0 aliphatic heterocycles. The fourth-order valence-electron chi connectivity index (χ4n) is 4.38. The first-order valence-corrected chi connectivity index (χ1v) is 13.3. The van der Waals surface area contributed by atoms with Gasteiger partial charge in [0.15, 0.2) is 6.61 Å². The molecule has 0 saturated heterocycles. The van der Waals surface area contributed by atoms with Crippen LogP contribution in [0.15, 0.2) is 78.9 Å². The van der Waals surface area contributed by atoms with E-state index in [9.17, 15) is 9.59 Å². The Balaban J connectivity index is 1.91. The molecule has 2 amide bonds. The Morgan fingerprint density at radius 2 is 1.62 bits per heavy atom. The van der Waals surface area contributed by atoms with Crippen molar-refractivity contribution in [2.24, 2.45) is 0 Å². The maximum Gasteiger partial charge on any atom is 0.261 e. The van der Waals surface area contributed by atoms with Crippen LogP contribution in [0.2, 0.25) is 0 Å². The summed E-state index contributed by atoms with van der Waals surface area (Å²) in [4.78, 5) is 29.0. The summed E-state index contributed by atoms with van der Waals surface area (Å²) in [5, 5.41) is 3.06. The van der Waals surface area contributed by atoms with Crippen LogP contribution in [0.1, 0.15) is 61.8 Å². The molecule has 0 heterocycles. The van der Waals surface area contributed by atoms with E-state index in [0.717, 1.165) is 35.1 Å². The molecule has 196 valence electrons. The summed E-state index contributed by atoms with van der Waals surface area (Å²) in [6, 6.07) is 25.1. The molecular weight excluding hydrogens is 460 g/mol. The number of carbonyl (C=O) groups excluding carboxylic acids is 2. The second-order valence-electron chi connectivity index (χ2n) is 9.84. The molecule has 5 nitrogen and oxygen atoms in total.